The number of carbonyl (C=O) groups is 1. The van der Waals surface area contributed by atoms with E-state index in [1.54, 1.807) is 36.4 Å². The van der Waals surface area contributed by atoms with E-state index in [2.05, 4.69) is 5.32 Å². The maximum absolute atomic E-state index is 12.7. The van der Waals surface area contributed by atoms with Crippen LogP contribution in [-0.4, -0.2) is 12.5 Å². The fourth-order valence-corrected chi connectivity index (χ4v) is 1.79. The number of nitrogen functional groups attached to an aromatic ring is 1. The second kappa shape index (κ2) is 7.28. The van der Waals surface area contributed by atoms with E-state index in [0.717, 1.165) is 0 Å². The third-order valence-electron chi connectivity index (χ3n) is 2.80. The van der Waals surface area contributed by atoms with Gasteiger partial charge in [-0.25, -0.2) is 4.39 Å². The molecule has 0 aliphatic rings. The predicted molar refractivity (Wildman–Crippen MR) is 80.6 cm³/mol. The molecule has 0 bridgehead atoms. The Morgan fingerprint density at radius 1 is 1.19 bits per heavy atom. The lowest BCUT2D eigenvalue weighted by atomic mass is 10.2. The molecule has 2 aromatic rings. The van der Waals surface area contributed by atoms with Crippen LogP contribution in [0.5, 0.6) is 5.75 Å². The van der Waals surface area contributed by atoms with Crippen molar-refractivity contribution in [2.45, 2.75) is 12.8 Å². The Labute approximate surface area is 122 Å². The average molecular weight is 288 g/mol. The van der Waals surface area contributed by atoms with Gasteiger partial charge in [0.25, 0.3) is 0 Å². The van der Waals surface area contributed by atoms with Gasteiger partial charge in [-0.2, -0.15) is 0 Å². The van der Waals surface area contributed by atoms with Gasteiger partial charge in [0, 0.05) is 17.8 Å². The van der Waals surface area contributed by atoms with E-state index in [1.165, 1.54) is 12.1 Å². The van der Waals surface area contributed by atoms with Crippen molar-refractivity contribution in [2.24, 2.45) is 0 Å². The molecule has 2 rings (SSSR count). The van der Waals surface area contributed by atoms with Crippen molar-refractivity contribution in [3.63, 3.8) is 0 Å². The van der Waals surface area contributed by atoms with Crippen molar-refractivity contribution < 1.29 is 13.9 Å². The van der Waals surface area contributed by atoms with Gasteiger partial charge in [-0.15, -0.1) is 0 Å². The number of carbonyl (C=O) groups excluding carboxylic acids is 1. The molecule has 1 amide bonds. The van der Waals surface area contributed by atoms with Gasteiger partial charge in [0.1, 0.15) is 11.6 Å². The van der Waals surface area contributed by atoms with Crippen molar-refractivity contribution in [1.29, 1.82) is 0 Å². The molecule has 0 unspecified atom stereocenters. The molecule has 0 saturated carbocycles. The Kier molecular flexibility index (Phi) is 5.15. The van der Waals surface area contributed by atoms with Gasteiger partial charge < -0.3 is 15.8 Å². The van der Waals surface area contributed by atoms with Crippen LogP contribution < -0.4 is 15.8 Å². The minimum atomic E-state index is -0.302. The zero-order valence-electron chi connectivity index (χ0n) is 11.5. The number of rotatable bonds is 6. The molecule has 0 fully saturated rings. The van der Waals surface area contributed by atoms with Crippen molar-refractivity contribution >= 4 is 17.3 Å². The van der Waals surface area contributed by atoms with Gasteiger partial charge in [-0.1, -0.05) is 6.07 Å². The second-order valence-corrected chi connectivity index (χ2v) is 4.58. The van der Waals surface area contributed by atoms with Crippen LogP contribution in [0.2, 0.25) is 0 Å². The average Bonchev–Trinajstić information content (AvgIpc) is 2.45. The Hall–Kier alpha value is -2.56. The van der Waals surface area contributed by atoms with Gasteiger partial charge in [0.2, 0.25) is 5.91 Å². The quantitative estimate of drug-likeness (QED) is 0.633. The lowest BCUT2D eigenvalue weighted by Crippen LogP contribution is -2.12. The largest absolute Gasteiger partial charge is 0.494 e. The molecule has 21 heavy (non-hydrogen) atoms. The first-order chi connectivity index (χ1) is 10.1. The highest BCUT2D eigenvalue weighted by Gasteiger charge is 2.03. The molecule has 5 heteroatoms. The molecular weight excluding hydrogens is 271 g/mol. The smallest absolute Gasteiger partial charge is 0.224 e. The van der Waals surface area contributed by atoms with Crippen molar-refractivity contribution in [1.82, 2.24) is 0 Å². The number of hydrogen-bond donors (Lipinski definition) is 2. The summed E-state index contributed by atoms with van der Waals surface area (Å²) in [4.78, 5) is 11.7. The summed E-state index contributed by atoms with van der Waals surface area (Å²) in [5, 5.41) is 2.76. The van der Waals surface area contributed by atoms with Gasteiger partial charge in [-0.3, -0.25) is 4.79 Å². The third-order valence-corrected chi connectivity index (χ3v) is 2.80. The monoisotopic (exact) mass is 288 g/mol. The number of benzene rings is 2. The van der Waals surface area contributed by atoms with Crippen LogP contribution in [0.25, 0.3) is 0 Å². The van der Waals surface area contributed by atoms with Crippen molar-refractivity contribution in [2.75, 3.05) is 17.7 Å². The summed E-state index contributed by atoms with van der Waals surface area (Å²) in [7, 11) is 0. The summed E-state index contributed by atoms with van der Waals surface area (Å²) in [5.41, 5.74) is 6.92. The predicted octanol–water partition coefficient (Wildman–Crippen LogP) is 3.21. The molecule has 2 aromatic carbocycles. The Bertz CT molecular complexity index is 599. The highest BCUT2D eigenvalue weighted by molar-refractivity contribution is 5.91. The normalized spacial score (nSPS) is 10.1. The van der Waals surface area contributed by atoms with E-state index in [0.29, 0.717) is 36.6 Å². The van der Waals surface area contributed by atoms with Crippen molar-refractivity contribution in [3.8, 4) is 5.75 Å². The summed E-state index contributed by atoms with van der Waals surface area (Å²) in [6.07, 6.45) is 0.918. The number of ether oxygens (including phenoxy) is 1. The lowest BCUT2D eigenvalue weighted by molar-refractivity contribution is -0.116. The van der Waals surface area contributed by atoms with E-state index in [-0.39, 0.29) is 11.7 Å². The number of nitrogens with two attached hydrogens (primary N) is 1. The first kappa shape index (κ1) is 14.8. The van der Waals surface area contributed by atoms with E-state index in [9.17, 15) is 9.18 Å². The van der Waals surface area contributed by atoms with Gasteiger partial charge in [0.15, 0.2) is 0 Å². The summed E-state index contributed by atoms with van der Waals surface area (Å²) in [5.74, 6) is 0.194. The second-order valence-electron chi connectivity index (χ2n) is 4.58. The Morgan fingerprint density at radius 3 is 2.67 bits per heavy atom. The zero-order valence-corrected chi connectivity index (χ0v) is 11.5. The van der Waals surface area contributed by atoms with E-state index >= 15 is 0 Å². The molecule has 0 saturated heterocycles. The molecule has 0 heterocycles. The van der Waals surface area contributed by atoms with Crippen LogP contribution in [0.4, 0.5) is 15.8 Å². The topological polar surface area (TPSA) is 64.3 Å². The fraction of sp³-hybridized carbons (Fsp3) is 0.188. The first-order valence-corrected chi connectivity index (χ1v) is 6.67. The van der Waals surface area contributed by atoms with Crippen LogP contribution in [0.3, 0.4) is 0 Å². The summed E-state index contributed by atoms with van der Waals surface area (Å²) in [6.45, 7) is 0.399. The van der Waals surface area contributed by atoms with E-state index in [4.69, 9.17) is 10.5 Å². The molecular formula is C16H17FN2O2. The minimum Gasteiger partial charge on any atom is -0.494 e. The lowest BCUT2D eigenvalue weighted by Gasteiger charge is -2.07. The number of amides is 1. The maximum Gasteiger partial charge on any atom is 0.224 e. The summed E-state index contributed by atoms with van der Waals surface area (Å²) >= 11 is 0. The standard InChI is InChI=1S/C16H17FN2O2/c17-12-6-8-15(9-7-12)21-10-2-5-16(20)19-14-4-1-3-13(18)11-14/h1,3-4,6-9,11H,2,5,10,18H2,(H,19,20). The number of nitrogens with one attached hydrogen (secondary N) is 1. The molecule has 0 atom stereocenters. The highest BCUT2D eigenvalue weighted by Crippen LogP contribution is 2.13. The fourth-order valence-electron chi connectivity index (χ4n) is 1.79. The van der Waals surface area contributed by atoms with Gasteiger partial charge >= 0.3 is 0 Å². The van der Waals surface area contributed by atoms with Gasteiger partial charge in [0.05, 0.1) is 6.61 Å². The van der Waals surface area contributed by atoms with E-state index < -0.39 is 0 Å². The molecule has 4 nitrogen and oxygen atoms in total. The summed E-state index contributed by atoms with van der Waals surface area (Å²) < 4.78 is 18.1. The number of halogens is 1. The summed E-state index contributed by atoms with van der Waals surface area (Å²) in [6, 6.07) is 12.8. The number of hydrogen-bond acceptors (Lipinski definition) is 3. The molecule has 0 aliphatic carbocycles. The Balaban J connectivity index is 1.68. The molecule has 0 spiro atoms. The highest BCUT2D eigenvalue weighted by atomic mass is 19.1. The van der Waals surface area contributed by atoms with E-state index in [1.807, 2.05) is 0 Å². The van der Waals surface area contributed by atoms with Crippen LogP contribution in [-0.2, 0) is 4.79 Å². The number of anilines is 2. The van der Waals surface area contributed by atoms with Crippen LogP contribution in [0.15, 0.2) is 48.5 Å². The third kappa shape index (κ3) is 5.14. The van der Waals surface area contributed by atoms with Gasteiger partial charge in [-0.05, 0) is 48.9 Å². The first-order valence-electron chi connectivity index (χ1n) is 6.67. The molecule has 3 N–H and O–H groups in total. The van der Waals surface area contributed by atoms with Crippen molar-refractivity contribution in [3.05, 3.63) is 54.3 Å². The molecule has 0 radical (unpaired) electrons. The SMILES string of the molecule is Nc1cccc(NC(=O)CCCOc2ccc(F)cc2)c1. The molecule has 0 aliphatic heterocycles. The zero-order chi connectivity index (χ0) is 15.1. The molecule has 0 aromatic heterocycles. The van der Waals surface area contributed by atoms with Crippen LogP contribution >= 0.6 is 0 Å². The minimum absolute atomic E-state index is 0.0942. The van der Waals surface area contributed by atoms with Crippen LogP contribution in [0, 0.1) is 5.82 Å². The maximum atomic E-state index is 12.7. The molecule has 110 valence electrons. The van der Waals surface area contributed by atoms with Crippen LogP contribution in [0.1, 0.15) is 12.8 Å². The Morgan fingerprint density at radius 2 is 1.95 bits per heavy atom.